The molecule has 1 N–H and O–H groups in total. The highest BCUT2D eigenvalue weighted by Crippen LogP contribution is 2.33. The van der Waals surface area contributed by atoms with Crippen molar-refractivity contribution in [3.05, 3.63) is 58.4 Å². The first-order valence-electron chi connectivity index (χ1n) is 11.4. The standard InChI is InChI=1S/C25H27N3O4S/c1-16(23(29)26-14-17-11-12-21-22(13-17)32-15-31-21)33-25-27-20-10-6-5-9-19(20)24(30)28(25)18-7-3-2-4-8-18/h5-6,9-13,16,18H,2-4,7-8,14-15H2,1H3,(H,26,29). The highest BCUT2D eigenvalue weighted by molar-refractivity contribution is 8.00. The summed E-state index contributed by atoms with van der Waals surface area (Å²) in [5, 5.41) is 3.84. The molecule has 1 aliphatic heterocycles. The van der Waals surface area contributed by atoms with Crippen molar-refractivity contribution < 1.29 is 14.3 Å². The van der Waals surface area contributed by atoms with Crippen LogP contribution in [0.25, 0.3) is 10.9 Å². The third kappa shape index (κ3) is 4.57. The van der Waals surface area contributed by atoms with Crippen LogP contribution < -0.4 is 20.3 Å². The van der Waals surface area contributed by atoms with Gasteiger partial charge in [0.25, 0.3) is 5.56 Å². The molecule has 1 amide bonds. The van der Waals surface area contributed by atoms with Gasteiger partial charge in [-0.1, -0.05) is 49.2 Å². The average molecular weight is 466 g/mol. The number of hydrogen-bond donors (Lipinski definition) is 1. The number of fused-ring (bicyclic) bond motifs is 2. The molecule has 3 aromatic rings. The molecule has 172 valence electrons. The lowest BCUT2D eigenvalue weighted by atomic mass is 9.95. The smallest absolute Gasteiger partial charge is 0.262 e. The predicted molar refractivity (Wildman–Crippen MR) is 128 cm³/mol. The van der Waals surface area contributed by atoms with Crippen LogP contribution in [0.5, 0.6) is 11.5 Å². The van der Waals surface area contributed by atoms with Crippen LogP contribution in [-0.2, 0) is 11.3 Å². The molecular weight excluding hydrogens is 438 g/mol. The van der Waals surface area contributed by atoms with Gasteiger partial charge in [0.05, 0.1) is 16.2 Å². The molecular formula is C25H27N3O4S. The average Bonchev–Trinajstić information content (AvgIpc) is 3.31. The second-order valence-corrected chi connectivity index (χ2v) is 9.85. The SMILES string of the molecule is CC(Sc1nc2ccccc2c(=O)n1C1CCCCC1)C(=O)NCc1ccc2c(c1)OCO2. The number of nitrogens with one attached hydrogen (secondary N) is 1. The molecule has 0 radical (unpaired) electrons. The quantitative estimate of drug-likeness (QED) is 0.428. The highest BCUT2D eigenvalue weighted by Gasteiger charge is 2.25. The third-order valence-electron chi connectivity index (χ3n) is 6.27. The Balaban J connectivity index is 1.35. The van der Waals surface area contributed by atoms with Crippen molar-refractivity contribution in [2.24, 2.45) is 0 Å². The number of ether oxygens (including phenoxy) is 2. The van der Waals surface area contributed by atoms with E-state index in [1.54, 1.807) is 0 Å². The maximum Gasteiger partial charge on any atom is 0.262 e. The molecule has 0 spiro atoms. The highest BCUT2D eigenvalue weighted by atomic mass is 32.2. The molecule has 5 rings (SSSR count). The van der Waals surface area contributed by atoms with Gasteiger partial charge in [-0.15, -0.1) is 0 Å². The van der Waals surface area contributed by atoms with Crippen LogP contribution in [0.3, 0.4) is 0 Å². The van der Waals surface area contributed by atoms with Crippen LogP contribution in [-0.4, -0.2) is 27.5 Å². The molecule has 1 fully saturated rings. The molecule has 2 heterocycles. The lowest BCUT2D eigenvalue weighted by Crippen LogP contribution is -2.33. The largest absolute Gasteiger partial charge is 0.454 e. The van der Waals surface area contributed by atoms with Crippen LogP contribution >= 0.6 is 11.8 Å². The number of benzene rings is 2. The van der Waals surface area contributed by atoms with E-state index >= 15 is 0 Å². The van der Waals surface area contributed by atoms with Crippen LogP contribution in [0.4, 0.5) is 0 Å². The summed E-state index contributed by atoms with van der Waals surface area (Å²) in [6.45, 7) is 2.47. The van der Waals surface area contributed by atoms with E-state index in [4.69, 9.17) is 14.5 Å². The van der Waals surface area contributed by atoms with Crippen molar-refractivity contribution in [1.82, 2.24) is 14.9 Å². The minimum absolute atomic E-state index is 0.0111. The number of aromatic nitrogens is 2. The molecule has 8 heteroatoms. The molecule has 1 atom stereocenters. The van der Waals surface area contributed by atoms with E-state index in [0.717, 1.165) is 37.0 Å². The number of rotatable bonds is 6. The summed E-state index contributed by atoms with van der Waals surface area (Å²) in [5.41, 5.74) is 1.60. The Morgan fingerprint density at radius 1 is 1.15 bits per heavy atom. The number of carbonyl (C=O) groups excluding carboxylic acids is 1. The van der Waals surface area contributed by atoms with Crippen molar-refractivity contribution in [3.8, 4) is 11.5 Å². The van der Waals surface area contributed by atoms with Crippen molar-refractivity contribution in [3.63, 3.8) is 0 Å². The van der Waals surface area contributed by atoms with Gasteiger partial charge in [-0.05, 0) is 49.6 Å². The molecule has 2 aromatic carbocycles. The summed E-state index contributed by atoms with van der Waals surface area (Å²) in [4.78, 5) is 31.1. The maximum absolute atomic E-state index is 13.4. The number of nitrogens with zero attached hydrogens (tertiary/aromatic N) is 2. The summed E-state index contributed by atoms with van der Waals surface area (Å²) < 4.78 is 12.6. The Morgan fingerprint density at radius 3 is 2.79 bits per heavy atom. The van der Waals surface area contributed by atoms with Gasteiger partial charge < -0.3 is 14.8 Å². The zero-order valence-corrected chi connectivity index (χ0v) is 19.4. The Morgan fingerprint density at radius 2 is 1.94 bits per heavy atom. The molecule has 1 unspecified atom stereocenters. The van der Waals surface area contributed by atoms with Gasteiger partial charge in [0.15, 0.2) is 16.7 Å². The Hall–Kier alpha value is -3.00. The number of thioether (sulfide) groups is 1. The van der Waals surface area contributed by atoms with E-state index in [9.17, 15) is 9.59 Å². The fourth-order valence-electron chi connectivity index (χ4n) is 4.47. The Bertz CT molecular complexity index is 1240. The zero-order valence-electron chi connectivity index (χ0n) is 18.6. The van der Waals surface area contributed by atoms with E-state index in [-0.39, 0.29) is 24.3 Å². The number of para-hydroxylation sites is 1. The summed E-state index contributed by atoms with van der Waals surface area (Å²) in [5.74, 6) is 1.31. The summed E-state index contributed by atoms with van der Waals surface area (Å²) >= 11 is 1.35. The lowest BCUT2D eigenvalue weighted by Gasteiger charge is -2.26. The summed E-state index contributed by atoms with van der Waals surface area (Å²) in [7, 11) is 0. The molecule has 1 aliphatic carbocycles. The number of carbonyl (C=O) groups is 1. The molecule has 33 heavy (non-hydrogen) atoms. The maximum atomic E-state index is 13.4. The molecule has 0 bridgehead atoms. The van der Waals surface area contributed by atoms with E-state index in [1.807, 2.05) is 54.0 Å². The van der Waals surface area contributed by atoms with Crippen molar-refractivity contribution in [2.45, 2.75) is 62.0 Å². The fourth-order valence-corrected chi connectivity index (χ4v) is 5.47. The van der Waals surface area contributed by atoms with E-state index in [0.29, 0.717) is 28.4 Å². The topological polar surface area (TPSA) is 82.5 Å². The van der Waals surface area contributed by atoms with Gasteiger partial charge in [-0.2, -0.15) is 0 Å². The monoisotopic (exact) mass is 465 g/mol. The van der Waals surface area contributed by atoms with Crippen LogP contribution in [0.15, 0.2) is 52.4 Å². The van der Waals surface area contributed by atoms with Gasteiger partial charge in [-0.3, -0.25) is 14.2 Å². The molecule has 2 aliphatic rings. The van der Waals surface area contributed by atoms with Crippen molar-refractivity contribution in [1.29, 1.82) is 0 Å². The van der Waals surface area contributed by atoms with E-state index < -0.39 is 5.25 Å². The van der Waals surface area contributed by atoms with Crippen LogP contribution in [0.1, 0.15) is 50.6 Å². The fraction of sp³-hybridized carbons (Fsp3) is 0.400. The van der Waals surface area contributed by atoms with Gasteiger partial charge in [0, 0.05) is 12.6 Å². The predicted octanol–water partition coefficient (Wildman–Crippen LogP) is 4.43. The minimum atomic E-state index is -0.401. The van der Waals surface area contributed by atoms with Crippen LogP contribution in [0, 0.1) is 0 Å². The van der Waals surface area contributed by atoms with E-state index in [1.165, 1.54) is 18.2 Å². The van der Waals surface area contributed by atoms with Gasteiger partial charge >= 0.3 is 0 Å². The zero-order chi connectivity index (χ0) is 22.8. The first-order valence-corrected chi connectivity index (χ1v) is 12.3. The van der Waals surface area contributed by atoms with Gasteiger partial charge in [0.1, 0.15) is 0 Å². The van der Waals surface area contributed by atoms with Gasteiger partial charge in [-0.25, -0.2) is 4.98 Å². The first kappa shape index (κ1) is 21.8. The van der Waals surface area contributed by atoms with E-state index in [2.05, 4.69) is 5.32 Å². The summed E-state index contributed by atoms with van der Waals surface area (Å²) in [6, 6.07) is 13.2. The van der Waals surface area contributed by atoms with Gasteiger partial charge in [0.2, 0.25) is 12.7 Å². The minimum Gasteiger partial charge on any atom is -0.454 e. The first-order chi connectivity index (χ1) is 16.1. The molecule has 0 saturated heterocycles. The van der Waals surface area contributed by atoms with Crippen molar-refractivity contribution in [2.75, 3.05) is 6.79 Å². The second kappa shape index (κ2) is 9.47. The summed E-state index contributed by atoms with van der Waals surface area (Å²) in [6.07, 6.45) is 5.36. The molecule has 1 aromatic heterocycles. The third-order valence-corrected chi connectivity index (χ3v) is 7.34. The lowest BCUT2D eigenvalue weighted by molar-refractivity contribution is -0.120. The Kier molecular flexibility index (Phi) is 6.26. The second-order valence-electron chi connectivity index (χ2n) is 8.54. The Labute approximate surface area is 196 Å². The normalized spacial score (nSPS) is 16.6. The van der Waals surface area contributed by atoms with Crippen molar-refractivity contribution >= 4 is 28.6 Å². The number of hydrogen-bond acceptors (Lipinski definition) is 6. The number of amides is 1. The van der Waals surface area contributed by atoms with Crippen LogP contribution in [0.2, 0.25) is 0 Å². The molecule has 1 saturated carbocycles. The molecule has 7 nitrogen and oxygen atoms in total.